The number of hydrogen-bond donors (Lipinski definition) is 3. The van der Waals surface area contributed by atoms with Crippen LogP contribution in [0.1, 0.15) is 5.56 Å². The van der Waals surface area contributed by atoms with Gasteiger partial charge in [-0.2, -0.15) is 13.5 Å². The summed E-state index contributed by atoms with van der Waals surface area (Å²) in [5, 5.41) is 33.1. The van der Waals surface area contributed by atoms with E-state index in [0.29, 0.717) is 0 Å². The van der Waals surface area contributed by atoms with Gasteiger partial charge in [0.05, 0.1) is 16.0 Å². The van der Waals surface area contributed by atoms with Gasteiger partial charge in [-0.05, 0) is 12.1 Å². The summed E-state index contributed by atoms with van der Waals surface area (Å²) in [7, 11) is -3.89. The minimum Gasteiger partial charge on any atom is -0.507 e. The van der Waals surface area contributed by atoms with E-state index in [0.717, 1.165) is 18.3 Å². The van der Waals surface area contributed by atoms with E-state index in [1.165, 1.54) is 24.3 Å². The maximum Gasteiger partial charge on any atom is 0.311 e. The first kappa shape index (κ1) is 16.2. The molecule has 0 fully saturated rings. The summed E-state index contributed by atoms with van der Waals surface area (Å²) >= 11 is 0. The molecule has 0 saturated carbocycles. The van der Waals surface area contributed by atoms with E-state index in [1.54, 1.807) is 6.07 Å². The lowest BCUT2D eigenvalue weighted by atomic mass is 10.2. The van der Waals surface area contributed by atoms with Gasteiger partial charge in [0.15, 0.2) is 5.75 Å². The van der Waals surface area contributed by atoms with Crippen LogP contribution in [-0.4, -0.2) is 29.8 Å². The fourth-order valence-electron chi connectivity index (χ4n) is 1.65. The molecule has 0 spiro atoms. The third-order valence-electron chi connectivity index (χ3n) is 2.75. The molecule has 0 amide bonds. The molecule has 0 bridgehead atoms. The van der Waals surface area contributed by atoms with Crippen molar-refractivity contribution >= 4 is 21.9 Å². The summed E-state index contributed by atoms with van der Waals surface area (Å²) in [6, 6.07) is 9.08. The van der Waals surface area contributed by atoms with Crippen molar-refractivity contribution in [1.82, 2.24) is 4.83 Å². The fourth-order valence-corrected chi connectivity index (χ4v) is 2.46. The predicted octanol–water partition coefficient (Wildman–Crippen LogP) is 1.32. The van der Waals surface area contributed by atoms with Crippen molar-refractivity contribution in [2.45, 2.75) is 4.90 Å². The molecular weight excluding hydrogens is 326 g/mol. The number of hydrazone groups is 1. The molecule has 0 saturated heterocycles. The van der Waals surface area contributed by atoms with Crippen LogP contribution < -0.4 is 4.83 Å². The molecule has 0 radical (unpaired) electrons. The molecule has 2 aromatic carbocycles. The molecule has 9 nitrogen and oxygen atoms in total. The highest BCUT2D eigenvalue weighted by Crippen LogP contribution is 2.31. The minimum absolute atomic E-state index is 0.0157. The average Bonchev–Trinajstić information content (AvgIpc) is 2.50. The van der Waals surface area contributed by atoms with Crippen LogP contribution in [0.4, 0.5) is 5.69 Å². The largest absolute Gasteiger partial charge is 0.507 e. The Hall–Kier alpha value is -3.14. The molecule has 0 atom stereocenters. The number of nitrogens with zero attached hydrogens (tertiary/aromatic N) is 2. The lowest BCUT2D eigenvalue weighted by Gasteiger charge is -2.03. The van der Waals surface area contributed by atoms with Gasteiger partial charge in [0.2, 0.25) is 0 Å². The number of sulfonamides is 1. The third-order valence-corrected chi connectivity index (χ3v) is 3.99. The molecule has 0 unspecified atom stereocenters. The van der Waals surface area contributed by atoms with Crippen molar-refractivity contribution in [2.75, 3.05) is 0 Å². The molecule has 10 heteroatoms. The Kier molecular flexibility index (Phi) is 4.46. The Bertz CT molecular complexity index is 865. The van der Waals surface area contributed by atoms with E-state index in [-0.39, 0.29) is 10.5 Å². The highest BCUT2D eigenvalue weighted by molar-refractivity contribution is 7.89. The van der Waals surface area contributed by atoms with Gasteiger partial charge in [-0.3, -0.25) is 10.1 Å². The number of rotatable bonds is 5. The summed E-state index contributed by atoms with van der Waals surface area (Å²) in [5.41, 5.74) is -0.777. The Labute approximate surface area is 130 Å². The average molecular weight is 337 g/mol. The molecule has 0 aliphatic rings. The lowest BCUT2D eigenvalue weighted by molar-refractivity contribution is -0.385. The van der Waals surface area contributed by atoms with Crippen LogP contribution in [0.25, 0.3) is 0 Å². The molecular formula is C13H11N3O6S. The number of phenolic OH excluding ortho intramolecular Hbond substituents is 2. The van der Waals surface area contributed by atoms with Crippen molar-refractivity contribution in [1.29, 1.82) is 0 Å². The van der Waals surface area contributed by atoms with Crippen molar-refractivity contribution < 1.29 is 23.6 Å². The number of aromatic hydroxyl groups is 2. The fraction of sp³-hybridized carbons (Fsp3) is 0. The number of benzene rings is 2. The zero-order valence-corrected chi connectivity index (χ0v) is 12.3. The Morgan fingerprint density at radius 1 is 1.13 bits per heavy atom. The molecule has 0 heterocycles. The minimum atomic E-state index is -3.89. The van der Waals surface area contributed by atoms with Gasteiger partial charge in [-0.1, -0.05) is 18.2 Å². The second kappa shape index (κ2) is 6.32. The van der Waals surface area contributed by atoms with Crippen LogP contribution in [0.5, 0.6) is 11.5 Å². The quantitative estimate of drug-likeness (QED) is 0.426. The maximum absolute atomic E-state index is 11.9. The zero-order valence-electron chi connectivity index (χ0n) is 11.4. The first-order valence-electron chi connectivity index (χ1n) is 6.11. The molecule has 0 aliphatic heterocycles. The number of phenols is 2. The van der Waals surface area contributed by atoms with Gasteiger partial charge < -0.3 is 10.2 Å². The normalized spacial score (nSPS) is 11.5. The molecule has 23 heavy (non-hydrogen) atoms. The monoisotopic (exact) mass is 337 g/mol. The summed E-state index contributed by atoms with van der Waals surface area (Å²) in [6.07, 6.45) is 0.891. The Balaban J connectivity index is 2.24. The molecule has 120 valence electrons. The Morgan fingerprint density at radius 3 is 2.39 bits per heavy atom. The maximum atomic E-state index is 11.9. The van der Waals surface area contributed by atoms with Gasteiger partial charge in [-0.15, -0.1) is 0 Å². The van der Waals surface area contributed by atoms with Crippen LogP contribution in [0, 0.1) is 10.1 Å². The van der Waals surface area contributed by atoms with Crippen LogP contribution in [-0.2, 0) is 10.0 Å². The summed E-state index contributed by atoms with van der Waals surface area (Å²) in [5.74, 6) is -1.20. The van der Waals surface area contributed by atoms with Crippen molar-refractivity contribution in [3.05, 3.63) is 58.1 Å². The first-order valence-corrected chi connectivity index (χ1v) is 7.60. The van der Waals surface area contributed by atoms with E-state index in [1.807, 2.05) is 4.83 Å². The van der Waals surface area contributed by atoms with Gasteiger partial charge in [0, 0.05) is 17.7 Å². The summed E-state index contributed by atoms with van der Waals surface area (Å²) < 4.78 is 23.8. The topological polar surface area (TPSA) is 142 Å². The van der Waals surface area contributed by atoms with E-state index < -0.39 is 32.1 Å². The van der Waals surface area contributed by atoms with Crippen LogP contribution >= 0.6 is 0 Å². The van der Waals surface area contributed by atoms with Gasteiger partial charge in [0.25, 0.3) is 10.0 Å². The molecule has 3 N–H and O–H groups in total. The van der Waals surface area contributed by atoms with E-state index in [9.17, 15) is 28.7 Å². The SMILES string of the molecule is O=[N+]([O-])c1cc(/C=N/NS(=O)(=O)c2ccccc2)c(O)cc1O. The molecule has 0 aromatic heterocycles. The van der Waals surface area contributed by atoms with E-state index in [2.05, 4.69) is 5.10 Å². The van der Waals surface area contributed by atoms with Gasteiger partial charge in [0.1, 0.15) is 5.75 Å². The van der Waals surface area contributed by atoms with E-state index >= 15 is 0 Å². The third kappa shape index (κ3) is 3.74. The summed E-state index contributed by atoms with van der Waals surface area (Å²) in [6.45, 7) is 0. The number of hydrogen-bond acceptors (Lipinski definition) is 7. The standard InChI is InChI=1S/C13H11N3O6S/c17-12-7-13(18)11(16(19)20)6-9(12)8-14-15-23(21,22)10-4-2-1-3-5-10/h1-8,15,17-18H/b14-8+. The highest BCUT2D eigenvalue weighted by atomic mass is 32.2. The predicted molar refractivity (Wildman–Crippen MR) is 80.8 cm³/mol. The first-order chi connectivity index (χ1) is 10.8. The van der Waals surface area contributed by atoms with Crippen molar-refractivity contribution in [3.8, 4) is 11.5 Å². The van der Waals surface area contributed by atoms with Crippen LogP contribution in [0.15, 0.2) is 52.5 Å². The van der Waals surface area contributed by atoms with E-state index in [4.69, 9.17) is 0 Å². The lowest BCUT2D eigenvalue weighted by Crippen LogP contribution is -2.18. The number of nitro benzene ring substituents is 1. The molecule has 2 aromatic rings. The van der Waals surface area contributed by atoms with Gasteiger partial charge >= 0.3 is 5.69 Å². The van der Waals surface area contributed by atoms with Gasteiger partial charge in [-0.25, -0.2) is 4.83 Å². The molecule has 0 aliphatic carbocycles. The van der Waals surface area contributed by atoms with Crippen LogP contribution in [0.2, 0.25) is 0 Å². The summed E-state index contributed by atoms with van der Waals surface area (Å²) in [4.78, 5) is 11.8. The highest BCUT2D eigenvalue weighted by Gasteiger charge is 2.17. The second-order valence-corrected chi connectivity index (χ2v) is 5.98. The van der Waals surface area contributed by atoms with Crippen molar-refractivity contribution in [3.63, 3.8) is 0 Å². The number of nitro groups is 1. The second-order valence-electron chi connectivity index (χ2n) is 4.32. The number of nitrogens with one attached hydrogen (secondary N) is 1. The van der Waals surface area contributed by atoms with Crippen molar-refractivity contribution in [2.24, 2.45) is 5.10 Å². The molecule has 2 rings (SSSR count). The Morgan fingerprint density at radius 2 is 1.78 bits per heavy atom. The smallest absolute Gasteiger partial charge is 0.311 e. The zero-order chi connectivity index (χ0) is 17.0. The van der Waals surface area contributed by atoms with Crippen LogP contribution in [0.3, 0.4) is 0 Å².